The summed E-state index contributed by atoms with van der Waals surface area (Å²) < 4.78 is 26.4. The molecule has 164 valence electrons. The molecule has 2 aromatic heterocycles. The summed E-state index contributed by atoms with van der Waals surface area (Å²) in [5.74, 6) is -3.26. The van der Waals surface area contributed by atoms with E-state index in [1.54, 1.807) is 30.3 Å². The number of nitrogens with zero attached hydrogens (tertiary/aromatic N) is 4. The van der Waals surface area contributed by atoms with Crippen LogP contribution in [0.3, 0.4) is 0 Å². The average molecular weight is 429 g/mol. The minimum absolute atomic E-state index is 0.111. The van der Waals surface area contributed by atoms with Gasteiger partial charge >= 0.3 is 0 Å². The van der Waals surface area contributed by atoms with E-state index < -0.39 is 18.3 Å². The van der Waals surface area contributed by atoms with Crippen molar-refractivity contribution in [2.75, 3.05) is 36.8 Å². The summed E-state index contributed by atoms with van der Waals surface area (Å²) in [7, 11) is 0. The Hall–Kier alpha value is -3.36. The number of ketones is 1. The summed E-state index contributed by atoms with van der Waals surface area (Å²) in [6, 6.07) is 6.71. The predicted octanol–water partition coefficient (Wildman–Crippen LogP) is 3.02. The van der Waals surface area contributed by atoms with Gasteiger partial charge in [-0.2, -0.15) is 0 Å². The minimum atomic E-state index is -3.03. The fraction of sp³-hybridized carbons (Fsp3) is 0.364. The van der Waals surface area contributed by atoms with Crippen molar-refractivity contribution >= 4 is 29.4 Å². The quantitative estimate of drug-likeness (QED) is 0.710. The van der Waals surface area contributed by atoms with Gasteiger partial charge in [0, 0.05) is 32.4 Å². The van der Waals surface area contributed by atoms with Crippen LogP contribution in [0, 0.1) is 0 Å². The number of amides is 1. The van der Waals surface area contributed by atoms with Gasteiger partial charge in [-0.15, -0.1) is 0 Å². The molecule has 0 atom stereocenters. The van der Waals surface area contributed by atoms with Crippen LogP contribution in [-0.4, -0.2) is 58.7 Å². The number of alkyl halides is 2. The van der Waals surface area contributed by atoms with Crippen molar-refractivity contribution in [3.05, 3.63) is 53.9 Å². The number of pyridine rings is 2. The van der Waals surface area contributed by atoms with E-state index in [2.05, 4.69) is 16.5 Å². The summed E-state index contributed by atoms with van der Waals surface area (Å²) in [4.78, 5) is 37.0. The highest BCUT2D eigenvalue weighted by atomic mass is 19.3. The molecule has 1 amide bonds. The van der Waals surface area contributed by atoms with Crippen molar-refractivity contribution in [3.8, 4) is 0 Å². The van der Waals surface area contributed by atoms with E-state index in [0.29, 0.717) is 44.0 Å². The number of carbonyl (C=O) groups excluding carboxylic acids is 2. The molecule has 3 heterocycles. The third-order valence-electron chi connectivity index (χ3n) is 5.02. The standard InChI is InChI=1S/C22H25F2N5O2/c1-3-15-12-16(21(25)26-14-15)20(31)17-6-4-7-18(27-17)28-8-5-9-29(11-10-28)19(30)13-22(2,23)24/h3-4,6-7,12,14H,1,5,8-11,13H2,2H3,(H2,25,26). The molecule has 9 heteroatoms. The number of anilines is 2. The highest BCUT2D eigenvalue weighted by Gasteiger charge is 2.29. The van der Waals surface area contributed by atoms with Gasteiger partial charge in [-0.3, -0.25) is 9.59 Å². The highest BCUT2D eigenvalue weighted by Crippen LogP contribution is 2.21. The van der Waals surface area contributed by atoms with E-state index in [0.717, 1.165) is 6.92 Å². The third kappa shape index (κ3) is 5.62. The monoisotopic (exact) mass is 429 g/mol. The SMILES string of the molecule is C=Cc1cnc(N)c(C(=O)c2cccc(N3CCCN(C(=O)CC(C)(F)F)CC3)n2)c1. The third-order valence-corrected chi connectivity index (χ3v) is 5.02. The normalized spacial score (nSPS) is 14.8. The van der Waals surface area contributed by atoms with Crippen molar-refractivity contribution in [1.29, 1.82) is 0 Å². The minimum Gasteiger partial charge on any atom is -0.383 e. The summed E-state index contributed by atoms with van der Waals surface area (Å²) in [6.45, 7) is 6.15. The van der Waals surface area contributed by atoms with Gasteiger partial charge in [-0.25, -0.2) is 18.7 Å². The van der Waals surface area contributed by atoms with E-state index >= 15 is 0 Å². The molecule has 0 radical (unpaired) electrons. The molecule has 1 aliphatic rings. The van der Waals surface area contributed by atoms with E-state index in [1.807, 2.05) is 4.90 Å². The first-order chi connectivity index (χ1) is 14.7. The van der Waals surface area contributed by atoms with Gasteiger partial charge in [0.25, 0.3) is 5.92 Å². The van der Waals surface area contributed by atoms with Crippen LogP contribution in [0.15, 0.2) is 37.0 Å². The molecular weight excluding hydrogens is 404 g/mol. The summed E-state index contributed by atoms with van der Waals surface area (Å²) in [6.07, 6.45) is 2.92. The molecule has 0 unspecified atom stereocenters. The van der Waals surface area contributed by atoms with Crippen LogP contribution in [0.1, 0.15) is 41.4 Å². The number of rotatable bonds is 6. The van der Waals surface area contributed by atoms with Crippen molar-refractivity contribution in [2.24, 2.45) is 0 Å². The Balaban J connectivity index is 1.75. The van der Waals surface area contributed by atoms with E-state index in [-0.39, 0.29) is 22.9 Å². The molecule has 1 fully saturated rings. The van der Waals surface area contributed by atoms with E-state index in [9.17, 15) is 18.4 Å². The van der Waals surface area contributed by atoms with Crippen molar-refractivity contribution in [2.45, 2.75) is 25.7 Å². The Kier molecular flexibility index (Phi) is 6.62. The van der Waals surface area contributed by atoms with Gasteiger partial charge in [0.15, 0.2) is 0 Å². The Labute approximate surface area is 179 Å². The molecule has 2 N–H and O–H groups in total. The van der Waals surface area contributed by atoms with Crippen LogP contribution in [0.2, 0.25) is 0 Å². The number of nitrogen functional groups attached to an aromatic ring is 1. The Bertz CT molecular complexity index is 990. The molecule has 7 nitrogen and oxygen atoms in total. The second-order valence-corrected chi connectivity index (χ2v) is 7.58. The zero-order valence-electron chi connectivity index (χ0n) is 17.4. The van der Waals surface area contributed by atoms with Gasteiger partial charge in [0.2, 0.25) is 11.7 Å². The smallest absolute Gasteiger partial charge is 0.254 e. The van der Waals surface area contributed by atoms with Gasteiger partial charge in [-0.1, -0.05) is 18.7 Å². The van der Waals surface area contributed by atoms with Gasteiger partial charge in [0.1, 0.15) is 17.3 Å². The lowest BCUT2D eigenvalue weighted by Crippen LogP contribution is -2.37. The van der Waals surface area contributed by atoms with Crippen LogP contribution >= 0.6 is 0 Å². The maximum Gasteiger partial charge on any atom is 0.254 e. The topological polar surface area (TPSA) is 92.4 Å². The summed E-state index contributed by atoms with van der Waals surface area (Å²) in [5, 5.41) is 0. The lowest BCUT2D eigenvalue weighted by molar-refractivity contribution is -0.137. The largest absolute Gasteiger partial charge is 0.383 e. The fourth-order valence-electron chi connectivity index (χ4n) is 3.42. The first-order valence-corrected chi connectivity index (χ1v) is 9.98. The highest BCUT2D eigenvalue weighted by molar-refractivity contribution is 6.10. The Morgan fingerprint density at radius 3 is 2.74 bits per heavy atom. The second-order valence-electron chi connectivity index (χ2n) is 7.58. The molecule has 0 spiro atoms. The van der Waals surface area contributed by atoms with Gasteiger partial charge in [-0.05, 0) is 37.1 Å². The van der Waals surface area contributed by atoms with Crippen LogP contribution < -0.4 is 10.6 Å². The van der Waals surface area contributed by atoms with Gasteiger partial charge < -0.3 is 15.5 Å². The maximum absolute atomic E-state index is 13.2. The zero-order valence-corrected chi connectivity index (χ0v) is 17.4. The molecule has 31 heavy (non-hydrogen) atoms. The van der Waals surface area contributed by atoms with Crippen LogP contribution in [-0.2, 0) is 4.79 Å². The molecule has 3 rings (SSSR count). The molecule has 0 bridgehead atoms. The summed E-state index contributed by atoms with van der Waals surface area (Å²) in [5.41, 5.74) is 7.01. The molecule has 2 aromatic rings. The van der Waals surface area contributed by atoms with Gasteiger partial charge in [0.05, 0.1) is 12.0 Å². The fourth-order valence-corrected chi connectivity index (χ4v) is 3.42. The number of aromatic nitrogens is 2. The van der Waals surface area contributed by atoms with Crippen molar-refractivity contribution in [1.82, 2.24) is 14.9 Å². The van der Waals surface area contributed by atoms with E-state index in [4.69, 9.17) is 5.73 Å². The first kappa shape index (κ1) is 22.3. The molecule has 0 aliphatic carbocycles. The molecule has 1 saturated heterocycles. The molecule has 0 aromatic carbocycles. The number of hydrogen-bond acceptors (Lipinski definition) is 6. The van der Waals surface area contributed by atoms with Crippen LogP contribution in [0.25, 0.3) is 6.08 Å². The molecular formula is C22H25F2N5O2. The number of halogens is 2. The Morgan fingerprint density at radius 1 is 1.26 bits per heavy atom. The lowest BCUT2D eigenvalue weighted by Gasteiger charge is -2.24. The van der Waals surface area contributed by atoms with Crippen LogP contribution in [0.5, 0.6) is 0 Å². The molecule has 0 saturated carbocycles. The van der Waals surface area contributed by atoms with Crippen molar-refractivity contribution in [3.63, 3.8) is 0 Å². The predicted molar refractivity (Wildman–Crippen MR) is 115 cm³/mol. The first-order valence-electron chi connectivity index (χ1n) is 9.98. The maximum atomic E-state index is 13.2. The second kappa shape index (κ2) is 9.20. The average Bonchev–Trinajstić information content (AvgIpc) is 2.99. The van der Waals surface area contributed by atoms with Crippen LogP contribution in [0.4, 0.5) is 20.4 Å². The molecule has 1 aliphatic heterocycles. The van der Waals surface area contributed by atoms with E-state index in [1.165, 1.54) is 11.1 Å². The zero-order chi connectivity index (χ0) is 22.6. The number of nitrogens with two attached hydrogens (primary N) is 1. The number of hydrogen-bond donors (Lipinski definition) is 1. The summed E-state index contributed by atoms with van der Waals surface area (Å²) >= 11 is 0. The lowest BCUT2D eigenvalue weighted by atomic mass is 10.1. The number of carbonyl (C=O) groups is 2. The Morgan fingerprint density at radius 2 is 2.03 bits per heavy atom. The van der Waals surface area contributed by atoms with Crippen molar-refractivity contribution < 1.29 is 18.4 Å².